The van der Waals surface area contributed by atoms with Crippen LogP contribution in [0.5, 0.6) is 0 Å². The molecule has 136 valence electrons. The van der Waals surface area contributed by atoms with E-state index >= 15 is 0 Å². The molecule has 4 heteroatoms. The standard InChI is InChI=1S/C21H32N4/c1-15(2)22-11-13-24(18(22)6)20-9-8-10-21(17(20)5)25-14-12-23(16(3)4)19(25)7/h8-16,18-19H,1-7H3/t18-,19+. The first-order chi connectivity index (χ1) is 11.8. The van der Waals surface area contributed by atoms with Crippen LogP contribution < -0.4 is 9.80 Å². The van der Waals surface area contributed by atoms with Crippen LogP contribution in [0.2, 0.25) is 0 Å². The van der Waals surface area contributed by atoms with Crippen molar-refractivity contribution in [3.8, 4) is 0 Å². The van der Waals surface area contributed by atoms with Gasteiger partial charge in [0.1, 0.15) is 12.3 Å². The van der Waals surface area contributed by atoms with Gasteiger partial charge in [-0.3, -0.25) is 0 Å². The molecule has 1 aromatic rings. The minimum atomic E-state index is 0.340. The van der Waals surface area contributed by atoms with E-state index in [1.807, 2.05) is 0 Å². The summed E-state index contributed by atoms with van der Waals surface area (Å²) in [7, 11) is 0. The van der Waals surface area contributed by atoms with Gasteiger partial charge >= 0.3 is 0 Å². The lowest BCUT2D eigenvalue weighted by molar-refractivity contribution is 0.263. The molecule has 0 unspecified atom stereocenters. The van der Waals surface area contributed by atoms with Gasteiger partial charge in [0.2, 0.25) is 0 Å². The maximum atomic E-state index is 2.39. The average Bonchev–Trinajstić information content (AvgIpc) is 3.11. The summed E-state index contributed by atoms with van der Waals surface area (Å²) in [5, 5.41) is 0. The summed E-state index contributed by atoms with van der Waals surface area (Å²) < 4.78 is 0. The quantitative estimate of drug-likeness (QED) is 0.788. The van der Waals surface area contributed by atoms with Gasteiger partial charge in [0, 0.05) is 48.3 Å². The fraction of sp³-hybridized carbons (Fsp3) is 0.524. The van der Waals surface area contributed by atoms with E-state index in [2.05, 4.69) is 111 Å². The topological polar surface area (TPSA) is 13.0 Å². The predicted octanol–water partition coefficient (Wildman–Crippen LogP) is 4.69. The van der Waals surface area contributed by atoms with Crippen LogP contribution in [0, 0.1) is 6.92 Å². The van der Waals surface area contributed by atoms with Crippen LogP contribution >= 0.6 is 0 Å². The van der Waals surface area contributed by atoms with E-state index in [4.69, 9.17) is 0 Å². The summed E-state index contributed by atoms with van der Waals surface area (Å²) in [4.78, 5) is 9.54. The molecule has 2 aliphatic heterocycles. The Balaban J connectivity index is 1.90. The first kappa shape index (κ1) is 17.7. The smallest absolute Gasteiger partial charge is 0.103 e. The first-order valence-corrected chi connectivity index (χ1v) is 9.40. The van der Waals surface area contributed by atoms with Crippen molar-refractivity contribution in [2.75, 3.05) is 9.80 Å². The number of hydrogen-bond acceptors (Lipinski definition) is 4. The lowest BCUT2D eigenvalue weighted by atomic mass is 10.1. The van der Waals surface area contributed by atoms with Crippen LogP contribution in [0.1, 0.15) is 47.1 Å². The molecular formula is C21H32N4. The van der Waals surface area contributed by atoms with Crippen molar-refractivity contribution >= 4 is 11.4 Å². The monoisotopic (exact) mass is 340 g/mol. The number of benzene rings is 1. The van der Waals surface area contributed by atoms with E-state index in [-0.39, 0.29) is 0 Å². The third-order valence-electron chi connectivity index (χ3n) is 5.49. The summed E-state index contributed by atoms with van der Waals surface area (Å²) >= 11 is 0. The molecule has 0 N–H and O–H groups in total. The average molecular weight is 341 g/mol. The van der Waals surface area contributed by atoms with E-state index in [0.717, 1.165) is 0 Å². The highest BCUT2D eigenvalue weighted by Crippen LogP contribution is 2.36. The molecule has 0 bridgehead atoms. The van der Waals surface area contributed by atoms with Gasteiger partial charge in [0.05, 0.1) is 0 Å². The SMILES string of the molecule is Cc1c(N2C=CN(C(C)C)[C@@H]2C)cccc1N1C=CN(C(C)C)[C@H]1C. The van der Waals surface area contributed by atoms with Gasteiger partial charge in [0.25, 0.3) is 0 Å². The van der Waals surface area contributed by atoms with E-state index in [0.29, 0.717) is 24.4 Å². The largest absolute Gasteiger partial charge is 0.353 e. The van der Waals surface area contributed by atoms with Crippen LogP contribution in [0.15, 0.2) is 43.0 Å². The van der Waals surface area contributed by atoms with Gasteiger partial charge in [0.15, 0.2) is 0 Å². The van der Waals surface area contributed by atoms with E-state index < -0.39 is 0 Å². The fourth-order valence-electron chi connectivity index (χ4n) is 4.02. The molecule has 0 saturated heterocycles. The van der Waals surface area contributed by atoms with Crippen LogP contribution in [-0.4, -0.2) is 34.2 Å². The molecule has 0 spiro atoms. The zero-order chi connectivity index (χ0) is 18.3. The Kier molecular flexibility index (Phi) is 4.72. The molecule has 0 fully saturated rings. The van der Waals surface area contributed by atoms with Crippen molar-refractivity contribution in [1.82, 2.24) is 9.80 Å². The highest BCUT2D eigenvalue weighted by Gasteiger charge is 2.29. The summed E-state index contributed by atoms with van der Waals surface area (Å²) in [6, 6.07) is 7.64. The molecular weight excluding hydrogens is 308 g/mol. The van der Waals surface area contributed by atoms with Crippen molar-refractivity contribution in [3.05, 3.63) is 48.6 Å². The van der Waals surface area contributed by atoms with Crippen LogP contribution in [-0.2, 0) is 0 Å². The molecule has 25 heavy (non-hydrogen) atoms. The molecule has 2 aliphatic rings. The number of anilines is 2. The van der Waals surface area contributed by atoms with Gasteiger partial charge in [-0.1, -0.05) is 6.07 Å². The Morgan fingerprint density at radius 2 is 1.12 bits per heavy atom. The Hall–Kier alpha value is -2.10. The molecule has 0 aromatic heterocycles. The Bertz CT molecular complexity index is 622. The van der Waals surface area contributed by atoms with E-state index in [1.165, 1.54) is 16.9 Å². The highest BCUT2D eigenvalue weighted by molar-refractivity contribution is 5.70. The van der Waals surface area contributed by atoms with Crippen molar-refractivity contribution in [2.24, 2.45) is 0 Å². The molecule has 0 aliphatic carbocycles. The second-order valence-corrected chi connectivity index (χ2v) is 7.68. The van der Waals surface area contributed by atoms with Crippen LogP contribution in [0.4, 0.5) is 11.4 Å². The molecule has 1 aromatic carbocycles. The lowest BCUT2D eigenvalue weighted by Crippen LogP contribution is -2.41. The van der Waals surface area contributed by atoms with Crippen molar-refractivity contribution in [1.29, 1.82) is 0 Å². The lowest BCUT2D eigenvalue weighted by Gasteiger charge is -2.36. The zero-order valence-corrected chi connectivity index (χ0v) is 16.6. The molecule has 0 amide bonds. The normalized spacial score (nSPS) is 23.1. The second kappa shape index (κ2) is 6.66. The highest BCUT2D eigenvalue weighted by atomic mass is 15.4. The zero-order valence-electron chi connectivity index (χ0n) is 16.6. The third kappa shape index (κ3) is 2.99. The van der Waals surface area contributed by atoms with Gasteiger partial charge in [-0.15, -0.1) is 0 Å². The van der Waals surface area contributed by atoms with Crippen LogP contribution in [0.3, 0.4) is 0 Å². The van der Waals surface area contributed by atoms with Crippen molar-refractivity contribution in [3.63, 3.8) is 0 Å². The fourth-order valence-corrected chi connectivity index (χ4v) is 4.02. The number of hydrogen-bond donors (Lipinski definition) is 0. The molecule has 4 nitrogen and oxygen atoms in total. The molecule has 3 rings (SSSR count). The molecule has 2 heterocycles. The minimum Gasteiger partial charge on any atom is -0.353 e. The maximum absolute atomic E-state index is 2.39. The summed E-state index contributed by atoms with van der Waals surface area (Å²) in [5.41, 5.74) is 3.90. The van der Waals surface area contributed by atoms with Gasteiger partial charge in [-0.05, 0) is 66.2 Å². The number of rotatable bonds is 4. The summed E-state index contributed by atoms with van der Waals surface area (Å²) in [6.07, 6.45) is 9.52. The van der Waals surface area contributed by atoms with Crippen molar-refractivity contribution < 1.29 is 0 Å². The Morgan fingerprint density at radius 3 is 1.44 bits per heavy atom. The minimum absolute atomic E-state index is 0.340. The maximum Gasteiger partial charge on any atom is 0.103 e. The van der Waals surface area contributed by atoms with Gasteiger partial charge in [-0.25, -0.2) is 0 Å². The first-order valence-electron chi connectivity index (χ1n) is 9.40. The molecule has 2 atom stereocenters. The van der Waals surface area contributed by atoms with Gasteiger partial charge in [-0.2, -0.15) is 0 Å². The van der Waals surface area contributed by atoms with Crippen molar-refractivity contribution in [2.45, 2.75) is 72.9 Å². The third-order valence-corrected chi connectivity index (χ3v) is 5.49. The summed E-state index contributed by atoms with van der Waals surface area (Å²) in [6.45, 7) is 15.7. The summed E-state index contributed by atoms with van der Waals surface area (Å²) in [5.74, 6) is 0. The Morgan fingerprint density at radius 1 is 0.720 bits per heavy atom. The predicted molar refractivity (Wildman–Crippen MR) is 107 cm³/mol. The molecule has 0 radical (unpaired) electrons. The number of nitrogens with zero attached hydrogens (tertiary/aromatic N) is 4. The van der Waals surface area contributed by atoms with E-state index in [9.17, 15) is 0 Å². The van der Waals surface area contributed by atoms with E-state index in [1.54, 1.807) is 0 Å². The second-order valence-electron chi connectivity index (χ2n) is 7.68. The van der Waals surface area contributed by atoms with Gasteiger partial charge < -0.3 is 19.6 Å². The molecule has 0 saturated carbocycles. The Labute approximate surface area is 153 Å². The van der Waals surface area contributed by atoms with Crippen LogP contribution in [0.25, 0.3) is 0 Å².